The molecule has 0 bridgehead atoms. The third kappa shape index (κ3) is 2.49. The molecule has 0 N–H and O–H groups in total. The summed E-state index contributed by atoms with van der Waals surface area (Å²) in [4.78, 5) is 0. The van der Waals surface area contributed by atoms with Crippen molar-refractivity contribution in [2.75, 3.05) is 0 Å². The van der Waals surface area contributed by atoms with E-state index in [1.54, 1.807) is 18.2 Å². The van der Waals surface area contributed by atoms with Gasteiger partial charge in [-0.25, -0.2) is 0 Å². The lowest BCUT2D eigenvalue weighted by Gasteiger charge is -2.06. The smallest absolute Gasteiger partial charge is 0.170 e. The Kier molecular flexibility index (Phi) is 2.39. The molecule has 0 heterocycles. The van der Waals surface area contributed by atoms with Gasteiger partial charge in [-0.15, -0.1) is 0 Å². The second kappa shape index (κ2) is 3.57. The van der Waals surface area contributed by atoms with Crippen molar-refractivity contribution in [1.82, 2.24) is 0 Å². The van der Waals surface area contributed by atoms with Crippen LogP contribution in [0.5, 0.6) is 0 Å². The number of fused-ring (bicyclic) bond motifs is 1. The monoisotopic (exact) mass is 209 g/mol. The Morgan fingerprint density at radius 2 is 1.53 bits per heavy atom. The normalized spacial score (nSPS) is 11.9. The molecule has 0 nitrogen and oxygen atoms in total. The Labute approximate surface area is 85.3 Å². The second-order valence-electron chi connectivity index (χ2n) is 3.29. The molecule has 15 heavy (non-hydrogen) atoms. The Morgan fingerprint density at radius 3 is 2.20 bits per heavy atom. The molecule has 2 aromatic rings. The van der Waals surface area contributed by atoms with Gasteiger partial charge in [0, 0.05) is 0 Å². The lowest BCUT2D eigenvalue weighted by atomic mass is 10.1. The van der Waals surface area contributed by atoms with Crippen LogP contribution >= 0.6 is 0 Å². The summed E-state index contributed by atoms with van der Waals surface area (Å²) in [5.41, 5.74) is 0.182. The number of benzene rings is 2. The summed E-state index contributed by atoms with van der Waals surface area (Å²) in [5, 5.41) is 1.76. The molecule has 2 rings (SSSR count). The fourth-order valence-corrected chi connectivity index (χ4v) is 1.49. The van der Waals surface area contributed by atoms with Crippen LogP contribution in [0.2, 0.25) is 0 Å². The predicted octanol–water partition coefficient (Wildman–Crippen LogP) is 3.95. The summed E-state index contributed by atoms with van der Waals surface area (Å²) >= 11 is 0. The molecular weight excluding hydrogens is 201 g/mol. The molecule has 0 amide bonds. The highest BCUT2D eigenvalue weighted by atomic mass is 19.4. The van der Waals surface area contributed by atoms with Gasteiger partial charge < -0.3 is 0 Å². The summed E-state index contributed by atoms with van der Waals surface area (Å²) in [7, 11) is 0. The molecule has 3 heteroatoms. The molecular formula is C12H8F3. The summed E-state index contributed by atoms with van der Waals surface area (Å²) in [6, 6.07) is 12.0. The van der Waals surface area contributed by atoms with Gasteiger partial charge in [0.05, 0.1) is 6.42 Å². The zero-order valence-corrected chi connectivity index (χ0v) is 7.75. The van der Waals surface area contributed by atoms with Crippen molar-refractivity contribution < 1.29 is 13.2 Å². The van der Waals surface area contributed by atoms with Gasteiger partial charge in [-0.2, -0.15) is 13.2 Å². The van der Waals surface area contributed by atoms with Crippen LogP contribution in [0.3, 0.4) is 0 Å². The Balaban J connectivity index is 2.39. The minimum atomic E-state index is -4.26. The van der Waals surface area contributed by atoms with E-state index >= 15 is 0 Å². The van der Waals surface area contributed by atoms with Crippen LogP contribution in [0.25, 0.3) is 10.8 Å². The summed E-state index contributed by atoms with van der Waals surface area (Å²) < 4.78 is 36.3. The van der Waals surface area contributed by atoms with Gasteiger partial charge in [-0.1, -0.05) is 42.5 Å². The molecule has 0 aromatic heterocycles. The van der Waals surface area contributed by atoms with E-state index in [0.29, 0.717) is 6.42 Å². The van der Waals surface area contributed by atoms with Crippen LogP contribution in [-0.2, 0) is 0 Å². The maximum Gasteiger partial charge on any atom is 0.396 e. The van der Waals surface area contributed by atoms with Gasteiger partial charge >= 0.3 is 6.18 Å². The summed E-state index contributed by atoms with van der Waals surface area (Å²) in [5.74, 6) is 0. The van der Waals surface area contributed by atoms with Crippen LogP contribution < -0.4 is 0 Å². The molecule has 0 atom stereocenters. The molecule has 0 unspecified atom stereocenters. The van der Waals surface area contributed by atoms with Crippen LogP contribution in [0, 0.1) is 6.42 Å². The van der Waals surface area contributed by atoms with E-state index in [4.69, 9.17) is 0 Å². The van der Waals surface area contributed by atoms with Crippen molar-refractivity contribution in [2.24, 2.45) is 0 Å². The van der Waals surface area contributed by atoms with E-state index in [1.807, 2.05) is 12.1 Å². The maximum atomic E-state index is 12.1. The average Bonchev–Trinajstić information content (AvgIpc) is 2.15. The largest absolute Gasteiger partial charge is 0.396 e. The SMILES string of the molecule is FC(F)(F)[CH]c1ccc2ccccc2c1. The van der Waals surface area contributed by atoms with Crippen molar-refractivity contribution >= 4 is 10.8 Å². The minimum absolute atomic E-state index is 0.182. The Morgan fingerprint density at radius 1 is 0.867 bits per heavy atom. The first-order chi connectivity index (χ1) is 7.04. The molecule has 2 aromatic carbocycles. The van der Waals surface area contributed by atoms with E-state index in [-0.39, 0.29) is 5.56 Å². The minimum Gasteiger partial charge on any atom is -0.170 e. The average molecular weight is 209 g/mol. The lowest BCUT2D eigenvalue weighted by Crippen LogP contribution is -2.08. The van der Waals surface area contributed by atoms with E-state index in [0.717, 1.165) is 10.8 Å². The van der Waals surface area contributed by atoms with E-state index < -0.39 is 6.18 Å². The van der Waals surface area contributed by atoms with Gasteiger partial charge in [0.25, 0.3) is 0 Å². The van der Waals surface area contributed by atoms with Crippen LogP contribution in [0.4, 0.5) is 13.2 Å². The fourth-order valence-electron chi connectivity index (χ4n) is 1.49. The third-order valence-electron chi connectivity index (χ3n) is 2.10. The molecule has 0 aliphatic carbocycles. The topological polar surface area (TPSA) is 0 Å². The molecule has 1 radical (unpaired) electrons. The summed E-state index contributed by atoms with van der Waals surface area (Å²) in [6.07, 6.45) is -3.96. The zero-order valence-electron chi connectivity index (χ0n) is 7.75. The highest BCUT2D eigenvalue weighted by molar-refractivity contribution is 5.83. The molecule has 0 spiro atoms. The number of halogens is 3. The predicted molar refractivity (Wildman–Crippen MR) is 53.4 cm³/mol. The third-order valence-corrected chi connectivity index (χ3v) is 2.10. The number of hydrogen-bond donors (Lipinski definition) is 0. The Hall–Kier alpha value is -1.51. The van der Waals surface area contributed by atoms with Gasteiger partial charge in [-0.3, -0.25) is 0 Å². The van der Waals surface area contributed by atoms with Crippen molar-refractivity contribution in [3.63, 3.8) is 0 Å². The maximum absolute atomic E-state index is 12.1. The van der Waals surface area contributed by atoms with E-state index in [2.05, 4.69) is 0 Å². The first kappa shape index (κ1) is 10.0. The Bertz CT molecular complexity index is 471. The number of rotatable bonds is 1. The van der Waals surface area contributed by atoms with Crippen LogP contribution in [0.1, 0.15) is 5.56 Å². The highest BCUT2D eigenvalue weighted by Crippen LogP contribution is 2.25. The van der Waals surface area contributed by atoms with E-state index in [1.165, 1.54) is 12.1 Å². The van der Waals surface area contributed by atoms with Gasteiger partial charge in [0.1, 0.15) is 0 Å². The lowest BCUT2D eigenvalue weighted by molar-refractivity contribution is -0.0927. The van der Waals surface area contributed by atoms with Crippen molar-refractivity contribution in [1.29, 1.82) is 0 Å². The summed E-state index contributed by atoms with van der Waals surface area (Å²) in [6.45, 7) is 0. The van der Waals surface area contributed by atoms with E-state index in [9.17, 15) is 13.2 Å². The van der Waals surface area contributed by atoms with Crippen molar-refractivity contribution in [3.8, 4) is 0 Å². The first-order valence-corrected chi connectivity index (χ1v) is 4.46. The number of alkyl halides is 3. The molecule has 0 aliphatic heterocycles. The zero-order chi connectivity index (χ0) is 10.9. The number of hydrogen-bond acceptors (Lipinski definition) is 0. The van der Waals surface area contributed by atoms with Gasteiger partial charge in [-0.05, 0) is 16.3 Å². The van der Waals surface area contributed by atoms with Crippen molar-refractivity contribution in [3.05, 3.63) is 54.4 Å². The molecule has 0 aliphatic rings. The first-order valence-electron chi connectivity index (χ1n) is 4.46. The second-order valence-corrected chi connectivity index (χ2v) is 3.29. The standard InChI is InChI=1S/C12H8F3/c13-12(14,15)8-9-5-6-10-3-1-2-4-11(10)7-9/h1-8H. The quantitative estimate of drug-likeness (QED) is 0.667. The molecule has 0 fully saturated rings. The molecule has 0 saturated carbocycles. The van der Waals surface area contributed by atoms with Crippen molar-refractivity contribution in [2.45, 2.75) is 6.18 Å². The molecule has 77 valence electrons. The van der Waals surface area contributed by atoms with Crippen LogP contribution in [0.15, 0.2) is 42.5 Å². The molecule has 0 saturated heterocycles. The van der Waals surface area contributed by atoms with Gasteiger partial charge in [0.15, 0.2) is 0 Å². The highest BCUT2D eigenvalue weighted by Gasteiger charge is 2.28. The fraction of sp³-hybridized carbons (Fsp3) is 0.0833. The van der Waals surface area contributed by atoms with Crippen LogP contribution in [-0.4, -0.2) is 6.18 Å². The van der Waals surface area contributed by atoms with Gasteiger partial charge in [0.2, 0.25) is 0 Å².